The standard InChI is InChI=1S/C42H48N4O6S/c1-4-45(5-2)35-24-25-38(44-39(47)32-8-7-9-36(26-32)53-46(6-3)34-22-18-31(19-23-34)42(51)52)37(27-35)40(48)43-33-20-14-29(15-21-33)11-10-28-12-16-30(17-13-28)41(49)50/h7-9,12-17,20-21,24-27,31,34H,4-6,10-11,18-19,22-23H2,1-3H3,(H,43,48)(H,44,47)(H,49,50)(H,51,52). The maximum Gasteiger partial charge on any atom is 0.335 e. The lowest BCUT2D eigenvalue weighted by molar-refractivity contribution is -0.143. The van der Waals surface area contributed by atoms with E-state index >= 15 is 0 Å². The highest BCUT2D eigenvalue weighted by molar-refractivity contribution is 7.97. The van der Waals surface area contributed by atoms with Gasteiger partial charge in [-0.2, -0.15) is 0 Å². The fraction of sp³-hybridized carbons (Fsp3) is 0.333. The van der Waals surface area contributed by atoms with Gasteiger partial charge in [-0.25, -0.2) is 9.10 Å². The van der Waals surface area contributed by atoms with E-state index in [2.05, 4.69) is 40.6 Å². The molecule has 0 saturated heterocycles. The number of aliphatic carboxylic acids is 1. The first-order chi connectivity index (χ1) is 25.6. The lowest BCUT2D eigenvalue weighted by Gasteiger charge is -2.34. The minimum absolute atomic E-state index is 0.261. The Bertz CT molecular complexity index is 1890. The van der Waals surface area contributed by atoms with Crippen molar-refractivity contribution in [2.75, 3.05) is 35.2 Å². The molecule has 0 spiro atoms. The smallest absolute Gasteiger partial charge is 0.335 e. The summed E-state index contributed by atoms with van der Waals surface area (Å²) in [6.45, 7) is 8.49. The number of hydrogen-bond donors (Lipinski definition) is 4. The normalized spacial score (nSPS) is 15.5. The number of aryl methyl sites for hydroxylation is 2. The molecule has 1 aliphatic rings. The first kappa shape index (κ1) is 39.1. The van der Waals surface area contributed by atoms with Gasteiger partial charge in [-0.1, -0.05) is 37.3 Å². The molecule has 0 aliphatic heterocycles. The average molecular weight is 737 g/mol. The minimum atomic E-state index is -0.946. The van der Waals surface area contributed by atoms with Crippen molar-refractivity contribution in [3.63, 3.8) is 0 Å². The Kier molecular flexibility index (Phi) is 13.7. The summed E-state index contributed by atoms with van der Waals surface area (Å²) in [7, 11) is 0. The molecule has 1 aliphatic carbocycles. The average Bonchev–Trinajstić information content (AvgIpc) is 3.17. The van der Waals surface area contributed by atoms with E-state index in [9.17, 15) is 24.3 Å². The summed E-state index contributed by atoms with van der Waals surface area (Å²) < 4.78 is 2.28. The second kappa shape index (κ2) is 18.6. The number of carboxylic acid groups (broad SMARTS) is 2. The third kappa shape index (κ3) is 10.5. The Hall–Kier alpha value is -5.13. The molecule has 0 aromatic heterocycles. The van der Waals surface area contributed by atoms with Crippen molar-refractivity contribution in [2.24, 2.45) is 5.92 Å². The number of anilines is 3. The van der Waals surface area contributed by atoms with Crippen LogP contribution in [0.25, 0.3) is 0 Å². The van der Waals surface area contributed by atoms with Gasteiger partial charge in [0, 0.05) is 47.5 Å². The molecular weight excluding hydrogens is 689 g/mol. The molecule has 0 unspecified atom stereocenters. The van der Waals surface area contributed by atoms with Gasteiger partial charge in [-0.15, -0.1) is 0 Å². The maximum atomic E-state index is 13.8. The summed E-state index contributed by atoms with van der Waals surface area (Å²) in [4.78, 5) is 53.1. The molecule has 0 radical (unpaired) electrons. The van der Waals surface area contributed by atoms with Gasteiger partial charge < -0.3 is 25.7 Å². The summed E-state index contributed by atoms with van der Waals surface area (Å²) in [5.74, 6) is -2.61. The number of nitrogens with one attached hydrogen (secondary N) is 2. The lowest BCUT2D eigenvalue weighted by atomic mass is 9.86. The number of amides is 2. The number of carbonyl (C=O) groups excluding carboxylic acids is 2. The summed E-state index contributed by atoms with van der Waals surface area (Å²) in [5.41, 5.74) is 5.09. The fourth-order valence-electron chi connectivity index (χ4n) is 6.70. The van der Waals surface area contributed by atoms with Crippen LogP contribution in [0.15, 0.2) is 95.9 Å². The van der Waals surface area contributed by atoms with E-state index < -0.39 is 11.9 Å². The summed E-state index contributed by atoms with van der Waals surface area (Å²) in [5, 5.41) is 24.5. The van der Waals surface area contributed by atoms with Crippen molar-refractivity contribution < 1.29 is 29.4 Å². The maximum absolute atomic E-state index is 13.8. The van der Waals surface area contributed by atoms with Gasteiger partial charge >= 0.3 is 11.9 Å². The summed E-state index contributed by atoms with van der Waals surface area (Å²) >= 11 is 1.58. The van der Waals surface area contributed by atoms with Crippen molar-refractivity contribution >= 4 is 52.8 Å². The van der Waals surface area contributed by atoms with Crippen LogP contribution >= 0.6 is 11.9 Å². The van der Waals surface area contributed by atoms with Crippen LogP contribution in [0, 0.1) is 5.92 Å². The van der Waals surface area contributed by atoms with Crippen molar-refractivity contribution in [3.05, 3.63) is 119 Å². The second-order valence-electron chi connectivity index (χ2n) is 13.2. The highest BCUT2D eigenvalue weighted by Gasteiger charge is 2.29. The van der Waals surface area contributed by atoms with Crippen LogP contribution < -0.4 is 15.5 Å². The van der Waals surface area contributed by atoms with Gasteiger partial charge in [0.05, 0.1) is 22.7 Å². The van der Waals surface area contributed by atoms with Gasteiger partial charge in [0.15, 0.2) is 0 Å². The molecule has 278 valence electrons. The molecule has 1 saturated carbocycles. The molecule has 1 fully saturated rings. The zero-order chi connectivity index (χ0) is 37.9. The first-order valence-corrected chi connectivity index (χ1v) is 19.1. The van der Waals surface area contributed by atoms with E-state index in [-0.39, 0.29) is 29.3 Å². The molecule has 11 heteroatoms. The second-order valence-corrected chi connectivity index (χ2v) is 14.3. The predicted molar refractivity (Wildman–Crippen MR) is 211 cm³/mol. The Morgan fingerprint density at radius 1 is 0.698 bits per heavy atom. The Morgan fingerprint density at radius 2 is 1.34 bits per heavy atom. The number of rotatable bonds is 16. The van der Waals surface area contributed by atoms with E-state index in [1.54, 1.807) is 36.2 Å². The quantitative estimate of drug-likeness (QED) is 0.0834. The summed E-state index contributed by atoms with van der Waals surface area (Å²) in [6.07, 6.45) is 4.49. The van der Waals surface area contributed by atoms with Gasteiger partial charge in [0.1, 0.15) is 0 Å². The van der Waals surface area contributed by atoms with E-state index in [1.807, 2.05) is 66.7 Å². The Balaban J connectivity index is 1.27. The largest absolute Gasteiger partial charge is 0.481 e. The highest BCUT2D eigenvalue weighted by Crippen LogP contribution is 2.34. The number of aromatic carboxylic acids is 1. The molecular formula is C42H48N4O6S. The number of hydrogen-bond acceptors (Lipinski definition) is 7. The van der Waals surface area contributed by atoms with Gasteiger partial charge in [-0.3, -0.25) is 14.4 Å². The molecule has 4 aromatic rings. The van der Waals surface area contributed by atoms with Crippen molar-refractivity contribution in [2.45, 2.75) is 70.2 Å². The van der Waals surface area contributed by atoms with Gasteiger partial charge in [0.25, 0.3) is 11.8 Å². The zero-order valence-corrected chi connectivity index (χ0v) is 31.3. The Labute approximate surface area is 315 Å². The number of carbonyl (C=O) groups is 4. The first-order valence-electron chi connectivity index (χ1n) is 18.3. The minimum Gasteiger partial charge on any atom is -0.481 e. The lowest BCUT2D eigenvalue weighted by Crippen LogP contribution is -2.34. The molecule has 4 aromatic carbocycles. The molecule has 2 amide bonds. The van der Waals surface area contributed by atoms with Gasteiger partial charge in [-0.05, 0) is 136 Å². The van der Waals surface area contributed by atoms with Crippen LogP contribution in [-0.2, 0) is 17.6 Å². The highest BCUT2D eigenvalue weighted by atomic mass is 32.2. The molecule has 5 rings (SSSR count). The molecule has 4 N–H and O–H groups in total. The van der Waals surface area contributed by atoms with Gasteiger partial charge in [0.2, 0.25) is 0 Å². The van der Waals surface area contributed by atoms with Crippen LogP contribution in [0.3, 0.4) is 0 Å². The Morgan fingerprint density at radius 3 is 1.92 bits per heavy atom. The van der Waals surface area contributed by atoms with Crippen LogP contribution in [0.4, 0.5) is 17.1 Å². The van der Waals surface area contributed by atoms with Crippen molar-refractivity contribution in [1.29, 1.82) is 0 Å². The topological polar surface area (TPSA) is 139 Å². The third-order valence-corrected chi connectivity index (χ3v) is 11.1. The SMILES string of the molecule is CCN(CC)c1ccc(NC(=O)c2cccc(SN(CC)C3CCC(C(=O)O)CC3)c2)c(C(=O)Nc2ccc(CCc3ccc(C(=O)O)cc3)cc2)c1. The third-order valence-electron chi connectivity index (χ3n) is 9.82. The molecule has 0 bridgehead atoms. The zero-order valence-electron chi connectivity index (χ0n) is 30.5. The number of benzene rings is 4. The molecule has 53 heavy (non-hydrogen) atoms. The van der Waals surface area contributed by atoms with E-state index in [0.29, 0.717) is 35.3 Å². The van der Waals surface area contributed by atoms with Crippen LogP contribution in [0.1, 0.15) is 88.7 Å². The molecule has 0 heterocycles. The number of carboxylic acids is 2. The van der Waals surface area contributed by atoms with E-state index in [0.717, 1.165) is 67.0 Å². The fourth-order valence-corrected chi connectivity index (χ4v) is 7.78. The van der Waals surface area contributed by atoms with Crippen LogP contribution in [-0.4, -0.2) is 63.9 Å². The van der Waals surface area contributed by atoms with Crippen LogP contribution in [0.5, 0.6) is 0 Å². The molecule has 0 atom stereocenters. The van der Waals surface area contributed by atoms with Crippen molar-refractivity contribution in [1.82, 2.24) is 4.31 Å². The predicted octanol–water partition coefficient (Wildman–Crippen LogP) is 8.49. The van der Waals surface area contributed by atoms with Crippen LogP contribution in [0.2, 0.25) is 0 Å². The number of nitrogens with zero attached hydrogens (tertiary/aromatic N) is 2. The van der Waals surface area contributed by atoms with E-state index in [1.165, 1.54) is 0 Å². The summed E-state index contributed by atoms with van der Waals surface area (Å²) in [6, 6.07) is 27.7. The van der Waals surface area contributed by atoms with E-state index in [4.69, 9.17) is 5.11 Å². The monoisotopic (exact) mass is 736 g/mol. The van der Waals surface area contributed by atoms with Crippen molar-refractivity contribution in [3.8, 4) is 0 Å². The molecule has 10 nitrogen and oxygen atoms in total.